The lowest BCUT2D eigenvalue weighted by molar-refractivity contribution is 0.0438. The maximum atomic E-state index is 9.48. The van der Waals surface area contributed by atoms with E-state index in [2.05, 4.69) is 53.3 Å². The molecule has 2 nitrogen and oxygen atoms in total. The van der Waals surface area contributed by atoms with Crippen molar-refractivity contribution < 1.29 is 5.11 Å². The minimum absolute atomic E-state index is 0.0838. The van der Waals surface area contributed by atoms with Crippen LogP contribution in [-0.4, -0.2) is 24.8 Å². The molecule has 2 N–H and O–H groups in total. The number of hydrogen-bond acceptors (Lipinski definition) is 2. The second-order valence-electron chi connectivity index (χ2n) is 6.48. The fourth-order valence-electron chi connectivity index (χ4n) is 2.81. The SMILES string of the molecule is CC(C)(CNCC1(CO)CCC1)c1ccccc1Br. The highest BCUT2D eigenvalue weighted by Crippen LogP contribution is 2.40. The van der Waals surface area contributed by atoms with Gasteiger partial charge >= 0.3 is 0 Å². The second-order valence-corrected chi connectivity index (χ2v) is 7.33. The first kappa shape index (κ1) is 15.0. The number of rotatable bonds is 6. The van der Waals surface area contributed by atoms with Crippen molar-refractivity contribution >= 4 is 15.9 Å². The zero-order valence-electron chi connectivity index (χ0n) is 11.9. The van der Waals surface area contributed by atoms with E-state index in [0.717, 1.165) is 25.9 Å². The van der Waals surface area contributed by atoms with Crippen molar-refractivity contribution in [2.24, 2.45) is 5.41 Å². The third kappa shape index (κ3) is 3.39. The summed E-state index contributed by atoms with van der Waals surface area (Å²) in [6, 6.07) is 8.41. The van der Waals surface area contributed by atoms with Crippen LogP contribution in [0.4, 0.5) is 0 Å². The van der Waals surface area contributed by atoms with E-state index in [4.69, 9.17) is 0 Å². The van der Waals surface area contributed by atoms with E-state index in [9.17, 15) is 5.11 Å². The number of aliphatic hydroxyl groups is 1. The first-order chi connectivity index (χ1) is 8.99. The maximum Gasteiger partial charge on any atom is 0.0499 e. The molecule has 0 aromatic heterocycles. The lowest BCUT2D eigenvalue weighted by Crippen LogP contribution is -2.45. The van der Waals surface area contributed by atoms with Crippen LogP contribution < -0.4 is 5.32 Å². The summed E-state index contributed by atoms with van der Waals surface area (Å²) in [7, 11) is 0. The van der Waals surface area contributed by atoms with E-state index in [1.54, 1.807) is 0 Å². The molecule has 106 valence electrons. The number of aliphatic hydroxyl groups excluding tert-OH is 1. The predicted octanol–water partition coefficient (Wildman–Crippen LogP) is 3.48. The maximum absolute atomic E-state index is 9.48. The highest BCUT2D eigenvalue weighted by Gasteiger charge is 2.36. The van der Waals surface area contributed by atoms with Crippen molar-refractivity contribution in [2.45, 2.75) is 38.5 Å². The summed E-state index contributed by atoms with van der Waals surface area (Å²) in [5.41, 5.74) is 1.57. The van der Waals surface area contributed by atoms with Gasteiger partial charge in [0.15, 0.2) is 0 Å². The monoisotopic (exact) mass is 325 g/mol. The Balaban J connectivity index is 1.93. The number of benzene rings is 1. The van der Waals surface area contributed by atoms with Crippen molar-refractivity contribution in [3.8, 4) is 0 Å². The molecule has 0 spiro atoms. The minimum Gasteiger partial charge on any atom is -0.396 e. The molecule has 0 amide bonds. The van der Waals surface area contributed by atoms with Gasteiger partial charge < -0.3 is 10.4 Å². The fourth-order valence-corrected chi connectivity index (χ4v) is 3.63. The van der Waals surface area contributed by atoms with Crippen molar-refractivity contribution in [1.29, 1.82) is 0 Å². The Bertz CT molecular complexity index is 421. The Morgan fingerprint density at radius 3 is 2.53 bits per heavy atom. The normalized spacial score (nSPS) is 18.1. The van der Waals surface area contributed by atoms with Crippen LogP contribution in [0.5, 0.6) is 0 Å². The van der Waals surface area contributed by atoms with E-state index in [1.807, 2.05) is 6.07 Å². The van der Waals surface area contributed by atoms with Crippen LogP contribution in [0, 0.1) is 5.41 Å². The van der Waals surface area contributed by atoms with Crippen LogP contribution in [-0.2, 0) is 5.41 Å². The Labute approximate surface area is 124 Å². The topological polar surface area (TPSA) is 32.3 Å². The molecule has 0 unspecified atom stereocenters. The minimum atomic E-state index is 0.0838. The predicted molar refractivity (Wildman–Crippen MR) is 83.4 cm³/mol. The van der Waals surface area contributed by atoms with Crippen molar-refractivity contribution in [3.63, 3.8) is 0 Å². The highest BCUT2D eigenvalue weighted by molar-refractivity contribution is 9.10. The molecule has 1 aliphatic rings. The summed E-state index contributed by atoms with van der Waals surface area (Å²) >= 11 is 3.63. The van der Waals surface area contributed by atoms with Crippen LogP contribution in [0.1, 0.15) is 38.7 Å². The number of nitrogens with one attached hydrogen (secondary N) is 1. The van der Waals surface area contributed by atoms with Gasteiger partial charge in [-0.1, -0.05) is 54.4 Å². The van der Waals surface area contributed by atoms with Gasteiger partial charge in [0, 0.05) is 35.0 Å². The van der Waals surface area contributed by atoms with E-state index in [0.29, 0.717) is 6.61 Å². The average molecular weight is 326 g/mol. The Morgan fingerprint density at radius 1 is 1.32 bits per heavy atom. The first-order valence-corrected chi connectivity index (χ1v) is 7.85. The molecule has 0 aliphatic heterocycles. The number of halogens is 1. The summed E-state index contributed by atoms with van der Waals surface area (Å²) < 4.78 is 1.17. The summed E-state index contributed by atoms with van der Waals surface area (Å²) in [5.74, 6) is 0. The molecule has 1 saturated carbocycles. The third-order valence-corrected chi connectivity index (χ3v) is 5.11. The van der Waals surface area contributed by atoms with Gasteiger partial charge in [-0.15, -0.1) is 0 Å². The zero-order chi connectivity index (χ0) is 13.9. The Morgan fingerprint density at radius 2 is 2.00 bits per heavy atom. The molecule has 3 heteroatoms. The molecule has 1 aromatic carbocycles. The first-order valence-electron chi connectivity index (χ1n) is 7.06. The van der Waals surface area contributed by atoms with E-state index < -0.39 is 0 Å². The Kier molecular flexibility index (Phi) is 4.70. The highest BCUT2D eigenvalue weighted by atomic mass is 79.9. The molecule has 1 aromatic rings. The quantitative estimate of drug-likeness (QED) is 0.839. The lowest BCUT2D eigenvalue weighted by atomic mass is 9.69. The van der Waals surface area contributed by atoms with Crippen molar-refractivity contribution in [1.82, 2.24) is 5.32 Å². The molecule has 0 bridgehead atoms. The summed E-state index contributed by atoms with van der Waals surface area (Å²) in [6.45, 7) is 6.68. The largest absolute Gasteiger partial charge is 0.396 e. The second kappa shape index (κ2) is 5.94. The smallest absolute Gasteiger partial charge is 0.0499 e. The van der Waals surface area contributed by atoms with Crippen LogP contribution in [0.15, 0.2) is 28.7 Å². The molecular weight excluding hydrogens is 302 g/mol. The summed E-state index contributed by atoms with van der Waals surface area (Å²) in [5, 5.41) is 13.0. The van der Waals surface area contributed by atoms with Crippen LogP contribution in [0.2, 0.25) is 0 Å². The van der Waals surface area contributed by atoms with E-state index in [1.165, 1.54) is 16.5 Å². The van der Waals surface area contributed by atoms with Gasteiger partial charge in [-0.25, -0.2) is 0 Å². The number of hydrogen-bond donors (Lipinski definition) is 2. The standard InChI is InChI=1S/C16H24BrNO/c1-15(2,13-6-3-4-7-14(13)17)10-18-11-16(12-19)8-5-9-16/h3-4,6-7,18-19H,5,8-12H2,1-2H3. The molecular formula is C16H24BrNO. The molecule has 0 heterocycles. The van der Waals surface area contributed by atoms with Gasteiger partial charge in [-0.05, 0) is 24.5 Å². The molecule has 0 radical (unpaired) electrons. The lowest BCUT2D eigenvalue weighted by Gasteiger charge is -2.41. The van der Waals surface area contributed by atoms with Gasteiger partial charge in [0.05, 0.1) is 0 Å². The Hall–Kier alpha value is -0.380. The van der Waals surface area contributed by atoms with Gasteiger partial charge in [0.1, 0.15) is 0 Å². The fraction of sp³-hybridized carbons (Fsp3) is 0.625. The van der Waals surface area contributed by atoms with Gasteiger partial charge in [0.2, 0.25) is 0 Å². The van der Waals surface area contributed by atoms with Crippen LogP contribution in [0.25, 0.3) is 0 Å². The molecule has 2 rings (SSSR count). The van der Waals surface area contributed by atoms with Gasteiger partial charge in [0.25, 0.3) is 0 Å². The zero-order valence-corrected chi connectivity index (χ0v) is 13.5. The average Bonchev–Trinajstić information content (AvgIpc) is 2.33. The van der Waals surface area contributed by atoms with E-state index in [-0.39, 0.29) is 10.8 Å². The van der Waals surface area contributed by atoms with E-state index >= 15 is 0 Å². The molecule has 1 aliphatic carbocycles. The van der Waals surface area contributed by atoms with Crippen LogP contribution >= 0.6 is 15.9 Å². The summed E-state index contributed by atoms with van der Waals surface area (Å²) in [4.78, 5) is 0. The van der Waals surface area contributed by atoms with Gasteiger partial charge in [-0.2, -0.15) is 0 Å². The molecule has 19 heavy (non-hydrogen) atoms. The molecule has 1 fully saturated rings. The van der Waals surface area contributed by atoms with Crippen LogP contribution in [0.3, 0.4) is 0 Å². The van der Waals surface area contributed by atoms with Gasteiger partial charge in [-0.3, -0.25) is 0 Å². The molecule has 0 atom stereocenters. The summed E-state index contributed by atoms with van der Waals surface area (Å²) in [6.07, 6.45) is 3.58. The third-order valence-electron chi connectivity index (χ3n) is 4.42. The molecule has 0 saturated heterocycles. The van der Waals surface area contributed by atoms with Crippen molar-refractivity contribution in [3.05, 3.63) is 34.3 Å². The van der Waals surface area contributed by atoms with Crippen molar-refractivity contribution in [2.75, 3.05) is 19.7 Å².